The molecular weight excluding hydrogens is 244 g/mol. The summed E-state index contributed by atoms with van der Waals surface area (Å²) in [6.07, 6.45) is 1.82. The Balaban J connectivity index is 2.49. The van der Waals surface area contributed by atoms with E-state index in [1.807, 2.05) is 35.7 Å². The number of rotatable bonds is 4. The van der Waals surface area contributed by atoms with Gasteiger partial charge in [-0.3, -0.25) is 9.69 Å². The molecule has 6 nitrogen and oxygen atoms in total. The molecule has 0 fully saturated rings. The fraction of sp³-hybridized carbons (Fsp3) is 0.308. The first-order chi connectivity index (χ1) is 9.04. The number of carboxylic acids is 1. The highest BCUT2D eigenvalue weighted by Gasteiger charge is 2.24. The van der Waals surface area contributed by atoms with Gasteiger partial charge in [-0.1, -0.05) is 6.07 Å². The van der Waals surface area contributed by atoms with Crippen LogP contribution in [-0.2, 0) is 4.79 Å². The first-order valence-corrected chi connectivity index (χ1v) is 5.80. The average molecular weight is 258 g/mol. The van der Waals surface area contributed by atoms with Gasteiger partial charge in [0.15, 0.2) is 0 Å². The lowest BCUT2D eigenvalue weighted by Gasteiger charge is -2.20. The number of nitriles is 1. The van der Waals surface area contributed by atoms with Gasteiger partial charge in [-0.05, 0) is 26.1 Å². The molecule has 0 saturated heterocycles. The SMILES string of the molecule is Cc1nc2ccccn2c1C(C#N)N(C)CC(=O)O. The average Bonchev–Trinajstić information content (AvgIpc) is 2.66. The molecule has 0 aromatic carbocycles. The molecule has 2 aromatic heterocycles. The van der Waals surface area contributed by atoms with E-state index >= 15 is 0 Å². The monoisotopic (exact) mass is 258 g/mol. The number of fused-ring (bicyclic) bond motifs is 1. The maximum atomic E-state index is 10.8. The molecule has 19 heavy (non-hydrogen) atoms. The smallest absolute Gasteiger partial charge is 0.317 e. The lowest BCUT2D eigenvalue weighted by Crippen LogP contribution is -2.30. The van der Waals surface area contributed by atoms with E-state index in [9.17, 15) is 10.1 Å². The van der Waals surface area contributed by atoms with E-state index in [-0.39, 0.29) is 6.54 Å². The molecular formula is C13H14N4O2. The third-order valence-electron chi connectivity index (χ3n) is 2.96. The van der Waals surface area contributed by atoms with Gasteiger partial charge in [0.1, 0.15) is 11.7 Å². The third kappa shape index (κ3) is 2.41. The molecule has 0 bridgehead atoms. The number of imidazole rings is 1. The van der Waals surface area contributed by atoms with Crippen molar-refractivity contribution < 1.29 is 9.90 Å². The van der Waals surface area contributed by atoms with Gasteiger partial charge in [-0.2, -0.15) is 5.26 Å². The number of carbonyl (C=O) groups is 1. The fourth-order valence-electron chi connectivity index (χ4n) is 2.14. The second-order valence-corrected chi connectivity index (χ2v) is 4.35. The minimum atomic E-state index is -0.964. The van der Waals surface area contributed by atoms with Gasteiger partial charge in [0.25, 0.3) is 0 Å². The zero-order chi connectivity index (χ0) is 14.0. The zero-order valence-corrected chi connectivity index (χ0v) is 10.7. The number of likely N-dealkylation sites (N-methyl/N-ethyl adjacent to an activating group) is 1. The van der Waals surface area contributed by atoms with Crippen LogP contribution in [0.2, 0.25) is 0 Å². The summed E-state index contributed by atoms with van der Waals surface area (Å²) in [5, 5.41) is 18.2. The predicted octanol–water partition coefficient (Wildman–Crippen LogP) is 1.22. The van der Waals surface area contributed by atoms with Crippen molar-refractivity contribution in [3.05, 3.63) is 35.8 Å². The molecule has 98 valence electrons. The Hall–Kier alpha value is -2.39. The molecule has 1 N–H and O–H groups in total. The van der Waals surface area contributed by atoms with Crippen LogP contribution >= 0.6 is 0 Å². The fourth-order valence-corrected chi connectivity index (χ4v) is 2.14. The van der Waals surface area contributed by atoms with Crippen LogP contribution in [0, 0.1) is 18.3 Å². The van der Waals surface area contributed by atoms with Gasteiger partial charge in [-0.25, -0.2) is 4.98 Å². The highest BCUT2D eigenvalue weighted by Crippen LogP contribution is 2.23. The van der Waals surface area contributed by atoms with Crippen LogP contribution in [0.4, 0.5) is 0 Å². The van der Waals surface area contributed by atoms with Crippen LogP contribution in [-0.4, -0.2) is 39.0 Å². The van der Waals surface area contributed by atoms with Crippen molar-refractivity contribution in [3.8, 4) is 6.07 Å². The minimum absolute atomic E-state index is 0.197. The molecule has 2 heterocycles. The summed E-state index contributed by atoms with van der Waals surface area (Å²) in [7, 11) is 1.61. The van der Waals surface area contributed by atoms with Crippen molar-refractivity contribution in [2.45, 2.75) is 13.0 Å². The summed E-state index contributed by atoms with van der Waals surface area (Å²) in [6.45, 7) is 1.62. The van der Waals surface area contributed by atoms with E-state index in [0.717, 1.165) is 11.3 Å². The normalized spacial score (nSPS) is 12.5. The first-order valence-electron chi connectivity index (χ1n) is 5.80. The van der Waals surface area contributed by atoms with Crippen molar-refractivity contribution in [3.63, 3.8) is 0 Å². The summed E-state index contributed by atoms with van der Waals surface area (Å²) in [5.41, 5.74) is 2.19. The van der Waals surface area contributed by atoms with Gasteiger partial charge >= 0.3 is 5.97 Å². The first kappa shape index (κ1) is 13.1. The van der Waals surface area contributed by atoms with E-state index in [0.29, 0.717) is 5.69 Å². The van der Waals surface area contributed by atoms with Crippen LogP contribution in [0.15, 0.2) is 24.4 Å². The number of pyridine rings is 1. The van der Waals surface area contributed by atoms with Gasteiger partial charge < -0.3 is 9.51 Å². The maximum absolute atomic E-state index is 10.8. The number of nitrogens with zero attached hydrogens (tertiary/aromatic N) is 4. The zero-order valence-electron chi connectivity index (χ0n) is 10.7. The summed E-state index contributed by atoms with van der Waals surface area (Å²) >= 11 is 0. The molecule has 1 atom stereocenters. The van der Waals surface area contributed by atoms with Gasteiger partial charge in [-0.15, -0.1) is 0 Å². The van der Waals surface area contributed by atoms with E-state index < -0.39 is 12.0 Å². The van der Waals surface area contributed by atoms with E-state index in [2.05, 4.69) is 11.1 Å². The highest BCUT2D eigenvalue weighted by atomic mass is 16.4. The second-order valence-electron chi connectivity index (χ2n) is 4.35. The number of hydrogen-bond acceptors (Lipinski definition) is 4. The van der Waals surface area contributed by atoms with E-state index in [1.54, 1.807) is 7.05 Å². The summed E-state index contributed by atoms with van der Waals surface area (Å²) in [6, 6.07) is 7.07. The lowest BCUT2D eigenvalue weighted by atomic mass is 10.1. The molecule has 0 radical (unpaired) electrons. The van der Waals surface area contributed by atoms with Crippen molar-refractivity contribution >= 4 is 11.6 Å². The van der Waals surface area contributed by atoms with E-state index in [4.69, 9.17) is 5.11 Å². The Labute approximate surface area is 110 Å². The van der Waals surface area contributed by atoms with Gasteiger partial charge in [0, 0.05) is 6.20 Å². The van der Waals surface area contributed by atoms with E-state index in [1.165, 1.54) is 4.90 Å². The second kappa shape index (κ2) is 5.08. The molecule has 0 saturated carbocycles. The largest absolute Gasteiger partial charge is 0.480 e. The molecule has 0 aliphatic rings. The number of aryl methyl sites for hydroxylation is 1. The van der Waals surface area contributed by atoms with Gasteiger partial charge in [0.2, 0.25) is 0 Å². The number of aromatic nitrogens is 2. The Kier molecular flexibility index (Phi) is 3.49. The number of carboxylic acid groups (broad SMARTS) is 1. The van der Waals surface area contributed by atoms with Crippen LogP contribution in [0.5, 0.6) is 0 Å². The molecule has 6 heteroatoms. The lowest BCUT2D eigenvalue weighted by molar-refractivity contribution is -0.138. The Morgan fingerprint density at radius 3 is 3.00 bits per heavy atom. The Morgan fingerprint density at radius 2 is 2.37 bits per heavy atom. The maximum Gasteiger partial charge on any atom is 0.317 e. The highest BCUT2D eigenvalue weighted by molar-refractivity contribution is 5.69. The van der Waals surface area contributed by atoms with Crippen molar-refractivity contribution in [1.29, 1.82) is 5.26 Å². The van der Waals surface area contributed by atoms with Crippen LogP contribution in [0.3, 0.4) is 0 Å². The molecule has 1 unspecified atom stereocenters. The van der Waals surface area contributed by atoms with Crippen molar-refractivity contribution in [1.82, 2.24) is 14.3 Å². The Morgan fingerprint density at radius 1 is 1.63 bits per heavy atom. The molecule has 0 aliphatic heterocycles. The molecule has 2 rings (SSSR count). The van der Waals surface area contributed by atoms with Crippen LogP contribution < -0.4 is 0 Å². The molecule has 0 spiro atoms. The van der Waals surface area contributed by atoms with Crippen LogP contribution in [0.25, 0.3) is 5.65 Å². The van der Waals surface area contributed by atoms with Gasteiger partial charge in [0.05, 0.1) is 24.0 Å². The summed E-state index contributed by atoms with van der Waals surface area (Å²) < 4.78 is 1.82. The molecule has 2 aromatic rings. The summed E-state index contributed by atoms with van der Waals surface area (Å²) in [5.74, 6) is -0.964. The number of hydrogen-bond donors (Lipinski definition) is 1. The summed E-state index contributed by atoms with van der Waals surface area (Å²) in [4.78, 5) is 16.6. The quantitative estimate of drug-likeness (QED) is 0.891. The minimum Gasteiger partial charge on any atom is -0.480 e. The van der Waals surface area contributed by atoms with Crippen molar-refractivity contribution in [2.24, 2.45) is 0 Å². The Bertz CT molecular complexity index is 656. The standard InChI is InChI=1S/C13H14N4O2/c1-9-13(10(7-14)16(2)8-12(18)19)17-6-4-3-5-11(17)15-9/h3-6,10H,8H2,1-2H3,(H,18,19). The van der Waals surface area contributed by atoms with Crippen LogP contribution in [0.1, 0.15) is 17.4 Å². The molecule has 0 aliphatic carbocycles. The molecule has 0 amide bonds. The predicted molar refractivity (Wildman–Crippen MR) is 68.5 cm³/mol. The number of aliphatic carboxylic acids is 1. The third-order valence-corrected chi connectivity index (χ3v) is 2.96. The van der Waals surface area contributed by atoms with Crippen molar-refractivity contribution in [2.75, 3.05) is 13.6 Å². The topological polar surface area (TPSA) is 81.6 Å².